The molecule has 1 aromatic rings. The van der Waals surface area contributed by atoms with Gasteiger partial charge in [-0.25, -0.2) is 13.1 Å². The molecule has 1 saturated heterocycles. The van der Waals surface area contributed by atoms with Crippen molar-refractivity contribution < 1.29 is 13.2 Å². The highest BCUT2D eigenvalue weighted by Crippen LogP contribution is 2.24. The van der Waals surface area contributed by atoms with Crippen molar-refractivity contribution in [1.29, 1.82) is 0 Å². The van der Waals surface area contributed by atoms with Crippen molar-refractivity contribution in [2.24, 2.45) is 5.92 Å². The molecule has 0 aromatic heterocycles. The summed E-state index contributed by atoms with van der Waals surface area (Å²) >= 11 is 0. The highest BCUT2D eigenvalue weighted by Gasteiger charge is 2.28. The Morgan fingerprint density at radius 3 is 2.81 bits per heavy atom. The van der Waals surface area contributed by atoms with Gasteiger partial charge >= 0.3 is 0 Å². The minimum atomic E-state index is -3.53. The first-order valence-corrected chi connectivity index (χ1v) is 8.96. The second-order valence-electron chi connectivity index (χ2n) is 5.44. The van der Waals surface area contributed by atoms with E-state index in [0.29, 0.717) is 25.3 Å². The summed E-state index contributed by atoms with van der Waals surface area (Å²) < 4.78 is 33.3. The molecule has 1 aliphatic heterocycles. The molecule has 1 aliphatic rings. The van der Waals surface area contributed by atoms with Gasteiger partial charge < -0.3 is 10.5 Å². The number of hydrogen-bond acceptors (Lipinski definition) is 4. The molecule has 1 heterocycles. The van der Waals surface area contributed by atoms with Crippen molar-refractivity contribution in [3.05, 3.63) is 23.8 Å². The van der Waals surface area contributed by atoms with E-state index < -0.39 is 10.0 Å². The van der Waals surface area contributed by atoms with Gasteiger partial charge in [0.1, 0.15) is 0 Å². The van der Waals surface area contributed by atoms with E-state index in [1.54, 1.807) is 12.1 Å². The van der Waals surface area contributed by atoms with Crippen LogP contribution < -0.4 is 10.5 Å². The highest BCUT2D eigenvalue weighted by atomic mass is 32.2. The lowest BCUT2D eigenvalue weighted by atomic mass is 10.0. The van der Waals surface area contributed by atoms with E-state index in [4.69, 9.17) is 10.5 Å². The van der Waals surface area contributed by atoms with E-state index in [1.807, 2.05) is 6.92 Å². The summed E-state index contributed by atoms with van der Waals surface area (Å²) in [6.45, 7) is 5.12. The van der Waals surface area contributed by atoms with Crippen LogP contribution in [0.5, 0.6) is 0 Å². The van der Waals surface area contributed by atoms with Gasteiger partial charge in [0.15, 0.2) is 0 Å². The standard InChI is InChI=1S/C15H24N2O3S/c1-3-11-5-6-13(16)9-15(11)21(18,19)17-10-12-7-8-20-14(12)4-2/h5-6,9,12,14,17H,3-4,7-8,10,16H2,1-2H3. The fourth-order valence-electron chi connectivity index (χ4n) is 2.79. The quantitative estimate of drug-likeness (QED) is 0.786. The van der Waals surface area contributed by atoms with Crippen LogP contribution in [-0.2, 0) is 21.2 Å². The monoisotopic (exact) mass is 312 g/mol. The molecule has 118 valence electrons. The molecular formula is C15H24N2O3S. The third-order valence-electron chi connectivity index (χ3n) is 4.05. The Morgan fingerprint density at radius 2 is 2.14 bits per heavy atom. The van der Waals surface area contributed by atoms with Gasteiger partial charge in [0.05, 0.1) is 11.0 Å². The summed E-state index contributed by atoms with van der Waals surface area (Å²) in [7, 11) is -3.53. The van der Waals surface area contributed by atoms with Gasteiger partial charge in [-0.3, -0.25) is 0 Å². The predicted molar refractivity (Wildman–Crippen MR) is 83.6 cm³/mol. The van der Waals surface area contributed by atoms with E-state index in [2.05, 4.69) is 11.6 Å². The summed E-state index contributed by atoms with van der Waals surface area (Å²) in [5.41, 5.74) is 6.97. The molecule has 0 spiro atoms. The first-order valence-electron chi connectivity index (χ1n) is 7.47. The number of ether oxygens (including phenoxy) is 1. The molecule has 21 heavy (non-hydrogen) atoms. The molecule has 5 nitrogen and oxygen atoms in total. The number of anilines is 1. The molecule has 6 heteroatoms. The lowest BCUT2D eigenvalue weighted by molar-refractivity contribution is 0.0884. The van der Waals surface area contributed by atoms with Gasteiger partial charge in [-0.1, -0.05) is 19.9 Å². The summed E-state index contributed by atoms with van der Waals surface area (Å²) in [5.74, 6) is 0.246. The predicted octanol–water partition coefficient (Wildman–Crippen LogP) is 1.92. The number of aryl methyl sites for hydroxylation is 1. The third kappa shape index (κ3) is 3.75. The molecule has 0 saturated carbocycles. The van der Waals surface area contributed by atoms with Crippen molar-refractivity contribution in [2.75, 3.05) is 18.9 Å². The van der Waals surface area contributed by atoms with Gasteiger partial charge in [-0.05, 0) is 37.0 Å². The average Bonchev–Trinajstić information content (AvgIpc) is 2.92. The number of rotatable bonds is 6. The minimum Gasteiger partial charge on any atom is -0.399 e. The molecule has 1 aromatic carbocycles. The normalized spacial score (nSPS) is 22.6. The van der Waals surface area contributed by atoms with E-state index in [-0.39, 0.29) is 16.9 Å². The zero-order chi connectivity index (χ0) is 15.5. The lowest BCUT2D eigenvalue weighted by Crippen LogP contribution is -2.33. The number of nitrogens with two attached hydrogens (primary N) is 1. The number of hydrogen-bond donors (Lipinski definition) is 2. The summed E-state index contributed by atoms with van der Waals surface area (Å²) in [4.78, 5) is 0.289. The molecule has 0 radical (unpaired) electrons. The maximum Gasteiger partial charge on any atom is 0.240 e. The highest BCUT2D eigenvalue weighted by molar-refractivity contribution is 7.89. The second kappa shape index (κ2) is 6.77. The van der Waals surface area contributed by atoms with Gasteiger partial charge in [-0.2, -0.15) is 0 Å². The first kappa shape index (κ1) is 16.3. The zero-order valence-corrected chi connectivity index (χ0v) is 13.4. The van der Waals surface area contributed by atoms with Crippen LogP contribution in [0.1, 0.15) is 32.3 Å². The van der Waals surface area contributed by atoms with Crippen molar-refractivity contribution in [3.8, 4) is 0 Å². The maximum absolute atomic E-state index is 12.5. The van der Waals surface area contributed by atoms with Crippen molar-refractivity contribution in [1.82, 2.24) is 4.72 Å². The van der Waals surface area contributed by atoms with E-state index in [0.717, 1.165) is 18.4 Å². The fraction of sp³-hybridized carbons (Fsp3) is 0.600. The number of nitrogens with one attached hydrogen (secondary N) is 1. The van der Waals surface area contributed by atoms with Crippen LogP contribution >= 0.6 is 0 Å². The molecule has 2 rings (SSSR count). The van der Waals surface area contributed by atoms with E-state index >= 15 is 0 Å². The third-order valence-corrected chi connectivity index (χ3v) is 5.55. The van der Waals surface area contributed by atoms with Gasteiger partial charge in [0.2, 0.25) is 10.0 Å². The van der Waals surface area contributed by atoms with Crippen LogP contribution in [-0.4, -0.2) is 27.7 Å². The molecule has 0 amide bonds. The molecule has 2 atom stereocenters. The summed E-state index contributed by atoms with van der Waals surface area (Å²) in [6, 6.07) is 5.04. The zero-order valence-electron chi connectivity index (χ0n) is 12.6. The summed E-state index contributed by atoms with van der Waals surface area (Å²) in [5, 5.41) is 0. The van der Waals surface area contributed by atoms with Crippen LogP contribution in [0.4, 0.5) is 5.69 Å². The van der Waals surface area contributed by atoms with Crippen molar-refractivity contribution in [3.63, 3.8) is 0 Å². The SMILES string of the molecule is CCc1ccc(N)cc1S(=O)(=O)NCC1CCOC1CC. The average molecular weight is 312 g/mol. The van der Waals surface area contributed by atoms with Crippen LogP contribution in [0, 0.1) is 5.92 Å². The molecule has 3 N–H and O–H groups in total. The largest absolute Gasteiger partial charge is 0.399 e. The molecular weight excluding hydrogens is 288 g/mol. The topological polar surface area (TPSA) is 81.4 Å². The maximum atomic E-state index is 12.5. The fourth-order valence-corrected chi connectivity index (χ4v) is 4.22. The number of benzene rings is 1. The Bertz CT molecular complexity index is 587. The van der Waals surface area contributed by atoms with Gasteiger partial charge in [0.25, 0.3) is 0 Å². The second-order valence-corrected chi connectivity index (χ2v) is 7.17. The number of sulfonamides is 1. The van der Waals surface area contributed by atoms with Crippen LogP contribution in [0.15, 0.2) is 23.1 Å². The lowest BCUT2D eigenvalue weighted by Gasteiger charge is -2.18. The molecule has 0 bridgehead atoms. The van der Waals surface area contributed by atoms with Crippen molar-refractivity contribution in [2.45, 2.75) is 44.1 Å². The number of nitrogen functional groups attached to an aromatic ring is 1. The van der Waals surface area contributed by atoms with E-state index in [9.17, 15) is 8.42 Å². The van der Waals surface area contributed by atoms with Gasteiger partial charge in [-0.15, -0.1) is 0 Å². The van der Waals surface area contributed by atoms with Crippen molar-refractivity contribution >= 4 is 15.7 Å². The Hall–Kier alpha value is -1.11. The molecule has 0 aliphatic carbocycles. The molecule has 1 fully saturated rings. The Kier molecular flexibility index (Phi) is 5.24. The van der Waals surface area contributed by atoms with Gasteiger partial charge in [0, 0.05) is 24.8 Å². The van der Waals surface area contributed by atoms with Crippen LogP contribution in [0.2, 0.25) is 0 Å². The minimum absolute atomic E-state index is 0.152. The Balaban J connectivity index is 2.13. The van der Waals surface area contributed by atoms with Crippen LogP contribution in [0.25, 0.3) is 0 Å². The van der Waals surface area contributed by atoms with E-state index in [1.165, 1.54) is 6.07 Å². The Labute approximate surface area is 126 Å². The summed E-state index contributed by atoms with van der Waals surface area (Å²) in [6.07, 6.45) is 2.61. The first-order chi connectivity index (χ1) is 9.97. The smallest absolute Gasteiger partial charge is 0.240 e. The Morgan fingerprint density at radius 1 is 1.38 bits per heavy atom. The molecule has 2 unspecified atom stereocenters. The van der Waals surface area contributed by atoms with Crippen LogP contribution in [0.3, 0.4) is 0 Å².